The molecule has 18 heavy (non-hydrogen) atoms. The zero-order chi connectivity index (χ0) is 12.5. The van der Waals surface area contributed by atoms with E-state index in [1.165, 1.54) is 19.5 Å². The van der Waals surface area contributed by atoms with Crippen molar-refractivity contribution in [3.63, 3.8) is 0 Å². The predicted molar refractivity (Wildman–Crippen MR) is 71.9 cm³/mol. The number of piperidine rings is 1. The maximum Gasteiger partial charge on any atom is 0.251 e. The quantitative estimate of drug-likeness (QED) is 0.888. The Kier molecular flexibility index (Phi) is 3.27. The molecule has 1 unspecified atom stereocenters. The van der Waals surface area contributed by atoms with Gasteiger partial charge in [-0.1, -0.05) is 11.6 Å². The first-order valence-electron chi connectivity index (χ1n) is 6.49. The molecule has 1 amide bonds. The number of amides is 1. The predicted octanol–water partition coefficient (Wildman–Crippen LogP) is 2.16. The second-order valence-corrected chi connectivity index (χ2v) is 5.76. The molecule has 0 radical (unpaired) electrons. The summed E-state index contributed by atoms with van der Waals surface area (Å²) in [5.41, 5.74) is 0.687. The molecular formula is C14H17ClN2O. The molecule has 0 saturated carbocycles. The molecule has 3 atom stereocenters. The summed E-state index contributed by atoms with van der Waals surface area (Å²) >= 11 is 5.82. The molecule has 1 aromatic rings. The van der Waals surface area contributed by atoms with Gasteiger partial charge in [0.05, 0.1) is 0 Å². The largest absolute Gasteiger partial charge is 0.348 e. The molecule has 1 aromatic carbocycles. The number of hydrogen-bond donors (Lipinski definition) is 1. The fraction of sp³-hybridized carbons (Fsp3) is 0.500. The van der Waals surface area contributed by atoms with Crippen molar-refractivity contribution in [3.05, 3.63) is 34.9 Å². The number of rotatable bonds is 2. The minimum atomic E-state index is 0.0131. The van der Waals surface area contributed by atoms with Crippen molar-refractivity contribution in [1.29, 1.82) is 0 Å². The fourth-order valence-electron chi connectivity index (χ4n) is 3.03. The van der Waals surface area contributed by atoms with Gasteiger partial charge in [0.15, 0.2) is 0 Å². The molecule has 3 nitrogen and oxygen atoms in total. The molecule has 0 spiro atoms. The van der Waals surface area contributed by atoms with Gasteiger partial charge in [-0.2, -0.15) is 0 Å². The third-order valence-electron chi connectivity index (χ3n) is 3.91. The number of halogens is 1. The Morgan fingerprint density at radius 2 is 2.06 bits per heavy atom. The summed E-state index contributed by atoms with van der Waals surface area (Å²) in [4.78, 5) is 14.5. The highest BCUT2D eigenvalue weighted by Gasteiger charge is 2.32. The van der Waals surface area contributed by atoms with Crippen molar-refractivity contribution >= 4 is 17.5 Å². The third kappa shape index (κ3) is 2.52. The molecule has 0 aromatic heterocycles. The number of nitrogens with one attached hydrogen (secondary N) is 1. The van der Waals surface area contributed by atoms with Crippen LogP contribution in [0.1, 0.15) is 23.2 Å². The van der Waals surface area contributed by atoms with Crippen LogP contribution in [0.25, 0.3) is 0 Å². The Morgan fingerprint density at radius 1 is 1.28 bits per heavy atom. The van der Waals surface area contributed by atoms with E-state index in [0.29, 0.717) is 16.6 Å². The fourth-order valence-corrected chi connectivity index (χ4v) is 3.16. The monoisotopic (exact) mass is 264 g/mol. The van der Waals surface area contributed by atoms with E-state index < -0.39 is 0 Å². The third-order valence-corrected chi connectivity index (χ3v) is 4.16. The lowest BCUT2D eigenvalue weighted by Gasteiger charge is -2.30. The topological polar surface area (TPSA) is 32.3 Å². The van der Waals surface area contributed by atoms with Crippen molar-refractivity contribution in [2.75, 3.05) is 19.6 Å². The van der Waals surface area contributed by atoms with Crippen molar-refractivity contribution in [2.24, 2.45) is 5.92 Å². The van der Waals surface area contributed by atoms with Crippen LogP contribution in [0.15, 0.2) is 24.3 Å². The van der Waals surface area contributed by atoms with Crippen LogP contribution >= 0.6 is 11.6 Å². The van der Waals surface area contributed by atoms with Gasteiger partial charge in [0.25, 0.3) is 5.91 Å². The minimum Gasteiger partial charge on any atom is -0.348 e. The van der Waals surface area contributed by atoms with Crippen molar-refractivity contribution in [2.45, 2.75) is 18.9 Å². The number of carbonyl (C=O) groups excluding carboxylic acids is 1. The zero-order valence-electron chi connectivity index (χ0n) is 10.2. The summed E-state index contributed by atoms with van der Waals surface area (Å²) in [6, 6.07) is 7.36. The van der Waals surface area contributed by atoms with Crippen LogP contribution in [0.3, 0.4) is 0 Å². The van der Waals surface area contributed by atoms with E-state index in [2.05, 4.69) is 10.2 Å². The Balaban J connectivity index is 1.62. The van der Waals surface area contributed by atoms with Gasteiger partial charge in [0.1, 0.15) is 0 Å². The second kappa shape index (κ2) is 4.90. The van der Waals surface area contributed by atoms with Gasteiger partial charge in [-0.3, -0.25) is 4.79 Å². The zero-order valence-corrected chi connectivity index (χ0v) is 11.0. The minimum absolute atomic E-state index is 0.0131. The smallest absolute Gasteiger partial charge is 0.251 e. The van der Waals surface area contributed by atoms with Gasteiger partial charge in [-0.25, -0.2) is 0 Å². The average Bonchev–Trinajstić information content (AvgIpc) is 2.69. The van der Waals surface area contributed by atoms with Crippen LogP contribution in [0.4, 0.5) is 0 Å². The van der Waals surface area contributed by atoms with Crippen LogP contribution in [0, 0.1) is 5.92 Å². The van der Waals surface area contributed by atoms with Crippen molar-refractivity contribution in [1.82, 2.24) is 10.2 Å². The molecule has 0 aliphatic carbocycles. The Morgan fingerprint density at radius 3 is 2.78 bits per heavy atom. The molecule has 2 fully saturated rings. The highest BCUT2D eigenvalue weighted by Crippen LogP contribution is 2.26. The Hall–Kier alpha value is -1.06. The summed E-state index contributed by atoms with van der Waals surface area (Å²) in [7, 11) is 0. The number of nitrogens with zero attached hydrogens (tertiary/aromatic N) is 1. The summed E-state index contributed by atoms with van der Waals surface area (Å²) in [6.07, 6.45) is 2.41. The van der Waals surface area contributed by atoms with E-state index in [4.69, 9.17) is 11.6 Å². The molecule has 96 valence electrons. The van der Waals surface area contributed by atoms with Crippen molar-refractivity contribution in [3.8, 4) is 0 Å². The van der Waals surface area contributed by atoms with E-state index in [0.717, 1.165) is 18.9 Å². The maximum absolute atomic E-state index is 12.1. The van der Waals surface area contributed by atoms with E-state index >= 15 is 0 Å². The van der Waals surface area contributed by atoms with Crippen LogP contribution in [-0.4, -0.2) is 36.5 Å². The number of benzene rings is 1. The summed E-state index contributed by atoms with van der Waals surface area (Å²) in [5, 5.41) is 3.79. The lowest BCUT2D eigenvalue weighted by Crippen LogP contribution is -2.46. The molecule has 2 aliphatic rings. The summed E-state index contributed by atoms with van der Waals surface area (Å²) < 4.78 is 0. The molecule has 2 heterocycles. The summed E-state index contributed by atoms with van der Waals surface area (Å²) in [5.74, 6) is 0.786. The standard InChI is InChI=1S/C14H17ClN2O/c15-12-3-1-11(2-4-12)14(18)16-13-7-10-5-6-17(8-10)9-13/h1-4,10,13H,5-9H2,(H,16,18)/t10-,13+/m0/s1. The van der Waals surface area contributed by atoms with E-state index in [1.807, 2.05) is 0 Å². The van der Waals surface area contributed by atoms with E-state index in [-0.39, 0.29) is 5.91 Å². The number of hydrogen-bond acceptors (Lipinski definition) is 2. The first-order valence-corrected chi connectivity index (χ1v) is 6.87. The molecule has 3 rings (SSSR count). The van der Waals surface area contributed by atoms with E-state index in [9.17, 15) is 4.79 Å². The number of carbonyl (C=O) groups is 1. The van der Waals surface area contributed by atoms with Gasteiger partial charge in [0.2, 0.25) is 0 Å². The van der Waals surface area contributed by atoms with Crippen LogP contribution < -0.4 is 5.32 Å². The normalized spacial score (nSPS) is 30.2. The van der Waals surface area contributed by atoms with Gasteiger partial charge in [0, 0.05) is 29.7 Å². The average molecular weight is 265 g/mol. The first-order chi connectivity index (χ1) is 8.70. The highest BCUT2D eigenvalue weighted by atomic mass is 35.5. The molecular weight excluding hydrogens is 248 g/mol. The van der Waals surface area contributed by atoms with Gasteiger partial charge in [-0.05, 0) is 49.6 Å². The molecule has 1 N–H and O–H groups in total. The lowest BCUT2D eigenvalue weighted by molar-refractivity contribution is 0.0909. The van der Waals surface area contributed by atoms with Crippen LogP contribution in [0.2, 0.25) is 5.02 Å². The van der Waals surface area contributed by atoms with Gasteiger partial charge < -0.3 is 10.2 Å². The maximum atomic E-state index is 12.1. The molecule has 2 aliphatic heterocycles. The lowest BCUT2D eigenvalue weighted by atomic mass is 9.96. The highest BCUT2D eigenvalue weighted by molar-refractivity contribution is 6.30. The van der Waals surface area contributed by atoms with Gasteiger partial charge >= 0.3 is 0 Å². The molecule has 4 heteroatoms. The summed E-state index contributed by atoms with van der Waals surface area (Å²) in [6.45, 7) is 3.40. The Bertz CT molecular complexity index is 434. The Labute approximate surface area is 112 Å². The second-order valence-electron chi connectivity index (χ2n) is 5.33. The van der Waals surface area contributed by atoms with Crippen molar-refractivity contribution < 1.29 is 4.79 Å². The van der Waals surface area contributed by atoms with Crippen LogP contribution in [-0.2, 0) is 0 Å². The number of fused-ring (bicyclic) bond motifs is 2. The molecule has 2 saturated heterocycles. The molecule has 2 bridgehead atoms. The first kappa shape index (κ1) is 12.0. The van der Waals surface area contributed by atoms with Gasteiger partial charge in [-0.15, -0.1) is 0 Å². The van der Waals surface area contributed by atoms with E-state index in [1.54, 1.807) is 24.3 Å². The van der Waals surface area contributed by atoms with Crippen LogP contribution in [0.5, 0.6) is 0 Å². The SMILES string of the molecule is O=C(N[C@@H]1C[C@@H]2CCN(C2)C1)c1ccc(Cl)cc1.